The van der Waals surface area contributed by atoms with E-state index in [4.69, 9.17) is 11.6 Å². The number of H-pyrrole nitrogens is 1. The lowest BCUT2D eigenvalue weighted by molar-refractivity contribution is -0.119. The summed E-state index contributed by atoms with van der Waals surface area (Å²) in [6.07, 6.45) is 3.42. The molecule has 0 saturated heterocycles. The van der Waals surface area contributed by atoms with Gasteiger partial charge in [-0.05, 0) is 23.8 Å². The third-order valence-corrected chi connectivity index (χ3v) is 4.92. The summed E-state index contributed by atoms with van der Waals surface area (Å²) in [5.74, 6) is -0.0809. The van der Waals surface area contributed by atoms with E-state index in [1.165, 1.54) is 6.92 Å². The van der Waals surface area contributed by atoms with Crippen LogP contribution in [-0.2, 0) is 17.9 Å². The molecule has 0 bridgehead atoms. The number of rotatable bonds is 6. The molecule has 0 aliphatic carbocycles. The fraction of sp³-hybridized carbons (Fsp3) is 0.136. The summed E-state index contributed by atoms with van der Waals surface area (Å²) >= 11 is 5.98. The van der Waals surface area contributed by atoms with Gasteiger partial charge in [0, 0.05) is 35.6 Å². The molecule has 29 heavy (non-hydrogen) atoms. The van der Waals surface area contributed by atoms with Crippen molar-refractivity contribution in [1.82, 2.24) is 19.9 Å². The van der Waals surface area contributed by atoms with Crippen molar-refractivity contribution in [3.63, 3.8) is 0 Å². The number of benzene rings is 2. The molecule has 6 nitrogen and oxygen atoms in total. The number of para-hydroxylation sites is 1. The third-order valence-electron chi connectivity index (χ3n) is 4.67. The number of carbonyl (C=O) groups excluding carboxylic acids is 2. The van der Waals surface area contributed by atoms with Gasteiger partial charge in [0.25, 0.3) is 0 Å². The zero-order valence-corrected chi connectivity index (χ0v) is 16.5. The lowest BCUT2D eigenvalue weighted by Gasteiger charge is -2.05. The number of ketones is 1. The Morgan fingerprint density at radius 2 is 1.90 bits per heavy atom. The molecule has 2 N–H and O–H groups in total. The van der Waals surface area contributed by atoms with E-state index >= 15 is 0 Å². The Bertz CT molecular complexity index is 1190. The van der Waals surface area contributed by atoms with E-state index in [2.05, 4.69) is 15.3 Å². The van der Waals surface area contributed by atoms with Gasteiger partial charge in [0.05, 0.1) is 24.0 Å². The Balaban J connectivity index is 1.66. The first-order valence-electron chi connectivity index (χ1n) is 9.16. The highest BCUT2D eigenvalue weighted by molar-refractivity contribution is 6.30. The summed E-state index contributed by atoms with van der Waals surface area (Å²) in [6, 6.07) is 15.4. The molecule has 146 valence electrons. The number of halogens is 1. The van der Waals surface area contributed by atoms with Crippen LogP contribution in [0.4, 0.5) is 0 Å². The molecule has 7 heteroatoms. The van der Waals surface area contributed by atoms with Crippen LogP contribution in [0.15, 0.2) is 60.9 Å². The predicted octanol–water partition coefficient (Wildman–Crippen LogP) is 3.93. The van der Waals surface area contributed by atoms with Crippen molar-refractivity contribution in [3.05, 3.63) is 88.6 Å². The molecule has 0 fully saturated rings. The van der Waals surface area contributed by atoms with Crippen LogP contribution in [-0.4, -0.2) is 26.2 Å². The second-order valence-electron chi connectivity index (χ2n) is 6.81. The minimum atomic E-state index is -0.190. The molecule has 2 heterocycles. The van der Waals surface area contributed by atoms with Gasteiger partial charge in [-0.2, -0.15) is 0 Å². The van der Waals surface area contributed by atoms with Crippen LogP contribution >= 0.6 is 11.6 Å². The van der Waals surface area contributed by atoms with Crippen LogP contribution in [0.5, 0.6) is 0 Å². The van der Waals surface area contributed by atoms with Crippen LogP contribution in [0, 0.1) is 0 Å². The maximum Gasteiger partial charge on any atom is 0.230 e. The van der Waals surface area contributed by atoms with Crippen molar-refractivity contribution in [1.29, 1.82) is 0 Å². The Kier molecular flexibility index (Phi) is 5.18. The van der Waals surface area contributed by atoms with Gasteiger partial charge in [-0.15, -0.1) is 0 Å². The van der Waals surface area contributed by atoms with Gasteiger partial charge in [-0.25, -0.2) is 4.98 Å². The molecule has 2 aromatic carbocycles. The highest BCUT2D eigenvalue weighted by atomic mass is 35.5. The van der Waals surface area contributed by atoms with Gasteiger partial charge in [0.2, 0.25) is 11.7 Å². The standard InChI is InChI=1S/C22H19ClN4O2/c1-14(28)24-10-17-11-25-22(26-17)21(29)19-13-27(20-5-3-2-4-18(19)20)12-15-6-8-16(23)9-7-15/h2-9,11,13H,10,12H2,1H3,(H,24,28)(H,25,26). The van der Waals surface area contributed by atoms with Gasteiger partial charge in [-0.3, -0.25) is 9.59 Å². The van der Waals surface area contributed by atoms with Gasteiger partial charge in [0.1, 0.15) is 0 Å². The molecule has 4 aromatic rings. The van der Waals surface area contributed by atoms with Crippen molar-refractivity contribution in [3.8, 4) is 0 Å². The molecule has 0 unspecified atom stereocenters. The fourth-order valence-corrected chi connectivity index (χ4v) is 3.38. The molecule has 2 aromatic heterocycles. The van der Waals surface area contributed by atoms with E-state index in [0.29, 0.717) is 29.4 Å². The van der Waals surface area contributed by atoms with Gasteiger partial charge < -0.3 is 14.9 Å². The summed E-state index contributed by atoms with van der Waals surface area (Å²) < 4.78 is 2.05. The second-order valence-corrected chi connectivity index (χ2v) is 7.25. The SMILES string of the molecule is CC(=O)NCc1cnc(C(=O)c2cn(Cc3ccc(Cl)cc3)c3ccccc23)[nH]1. The number of carbonyl (C=O) groups is 2. The molecule has 0 spiro atoms. The van der Waals surface area contributed by atoms with Crippen molar-refractivity contribution in [2.45, 2.75) is 20.0 Å². The molecular formula is C22H19ClN4O2. The van der Waals surface area contributed by atoms with Crippen molar-refractivity contribution < 1.29 is 9.59 Å². The number of imidazole rings is 1. The zero-order chi connectivity index (χ0) is 20.4. The molecule has 0 aliphatic rings. The predicted molar refractivity (Wildman–Crippen MR) is 112 cm³/mol. The number of hydrogen-bond acceptors (Lipinski definition) is 3. The van der Waals surface area contributed by atoms with Crippen LogP contribution in [0.2, 0.25) is 5.02 Å². The molecule has 1 amide bonds. The van der Waals surface area contributed by atoms with E-state index in [1.54, 1.807) is 6.20 Å². The number of aromatic amines is 1. The smallest absolute Gasteiger partial charge is 0.230 e. The number of nitrogens with one attached hydrogen (secondary N) is 2. The van der Waals surface area contributed by atoms with Crippen LogP contribution < -0.4 is 5.32 Å². The van der Waals surface area contributed by atoms with Crippen LogP contribution in [0.1, 0.15) is 34.4 Å². The van der Waals surface area contributed by atoms with E-state index in [1.807, 2.05) is 59.3 Å². The third kappa shape index (κ3) is 4.07. The van der Waals surface area contributed by atoms with Crippen LogP contribution in [0.25, 0.3) is 10.9 Å². The average molecular weight is 407 g/mol. The quantitative estimate of drug-likeness (QED) is 0.476. The van der Waals surface area contributed by atoms with Gasteiger partial charge in [0.15, 0.2) is 5.82 Å². The highest BCUT2D eigenvalue weighted by Gasteiger charge is 2.19. The summed E-state index contributed by atoms with van der Waals surface area (Å²) in [5, 5.41) is 4.24. The molecule has 0 aliphatic heterocycles. The van der Waals surface area contributed by atoms with E-state index in [9.17, 15) is 9.59 Å². The molecule has 0 radical (unpaired) electrons. The van der Waals surface area contributed by atoms with E-state index in [-0.39, 0.29) is 17.5 Å². The molecule has 4 rings (SSSR count). The number of hydrogen-bond donors (Lipinski definition) is 2. The van der Waals surface area contributed by atoms with Crippen molar-refractivity contribution >= 4 is 34.2 Å². The summed E-state index contributed by atoms with van der Waals surface area (Å²) in [4.78, 5) is 31.4. The first kappa shape index (κ1) is 19.0. The first-order chi connectivity index (χ1) is 14.0. The lowest BCUT2D eigenvalue weighted by Crippen LogP contribution is -2.19. The van der Waals surface area contributed by atoms with E-state index < -0.39 is 0 Å². The maximum atomic E-state index is 13.1. The van der Waals surface area contributed by atoms with Gasteiger partial charge >= 0.3 is 0 Å². The highest BCUT2D eigenvalue weighted by Crippen LogP contribution is 2.24. The number of amides is 1. The monoisotopic (exact) mass is 406 g/mol. The topological polar surface area (TPSA) is 79.8 Å². The first-order valence-corrected chi connectivity index (χ1v) is 9.54. The second kappa shape index (κ2) is 7.93. The zero-order valence-electron chi connectivity index (χ0n) is 15.8. The van der Waals surface area contributed by atoms with E-state index in [0.717, 1.165) is 16.5 Å². The lowest BCUT2D eigenvalue weighted by atomic mass is 10.1. The van der Waals surface area contributed by atoms with Crippen molar-refractivity contribution in [2.24, 2.45) is 0 Å². The maximum absolute atomic E-state index is 13.1. The Morgan fingerprint density at radius 3 is 2.66 bits per heavy atom. The Hall–Kier alpha value is -3.38. The fourth-order valence-electron chi connectivity index (χ4n) is 3.26. The minimum absolute atomic E-state index is 0.141. The van der Waals surface area contributed by atoms with Gasteiger partial charge in [-0.1, -0.05) is 41.9 Å². The Labute approximate surface area is 172 Å². The summed E-state index contributed by atoms with van der Waals surface area (Å²) in [5.41, 5.74) is 3.31. The normalized spacial score (nSPS) is 11.0. The van der Waals surface area contributed by atoms with Crippen molar-refractivity contribution in [2.75, 3.05) is 0 Å². The number of fused-ring (bicyclic) bond motifs is 1. The average Bonchev–Trinajstić information content (AvgIpc) is 3.33. The van der Waals surface area contributed by atoms with Crippen LogP contribution in [0.3, 0.4) is 0 Å². The summed E-state index contributed by atoms with van der Waals surface area (Å²) in [6.45, 7) is 2.36. The molecular weight excluding hydrogens is 388 g/mol. The molecule has 0 saturated carbocycles. The minimum Gasteiger partial charge on any atom is -0.351 e. The number of aromatic nitrogens is 3. The Morgan fingerprint density at radius 1 is 1.14 bits per heavy atom. The largest absolute Gasteiger partial charge is 0.351 e. The molecule has 0 atom stereocenters. The summed E-state index contributed by atoms with van der Waals surface area (Å²) in [7, 11) is 0. The number of nitrogens with zero attached hydrogens (tertiary/aromatic N) is 2.